The van der Waals surface area contributed by atoms with Crippen molar-refractivity contribution >= 4 is 39.1 Å². The van der Waals surface area contributed by atoms with Crippen LogP contribution in [-0.2, 0) is 14.8 Å². The monoisotopic (exact) mass is 454 g/mol. The molecule has 0 aliphatic carbocycles. The molecule has 0 saturated heterocycles. The van der Waals surface area contributed by atoms with Gasteiger partial charge in [0.25, 0.3) is 10.0 Å². The largest absolute Gasteiger partial charge is 0.324 e. The van der Waals surface area contributed by atoms with Crippen LogP contribution in [-0.4, -0.2) is 27.1 Å². The second kappa shape index (κ2) is 9.58. The number of hydrogen-bond acceptors (Lipinski definition) is 4. The number of amides is 1. The van der Waals surface area contributed by atoms with Crippen molar-refractivity contribution in [3.63, 3.8) is 0 Å². The van der Waals surface area contributed by atoms with E-state index in [1.165, 1.54) is 4.31 Å². The van der Waals surface area contributed by atoms with Gasteiger partial charge in [-0.1, -0.05) is 35.9 Å². The van der Waals surface area contributed by atoms with Gasteiger partial charge in [-0.2, -0.15) is 0 Å². The van der Waals surface area contributed by atoms with Gasteiger partial charge in [0.2, 0.25) is 5.91 Å². The zero-order valence-electron chi connectivity index (χ0n) is 18.0. The lowest BCUT2D eigenvalue weighted by atomic mass is 10.1. The minimum Gasteiger partial charge on any atom is -0.324 e. The smallest absolute Gasteiger partial charge is 0.264 e. The number of benzene rings is 3. The average molecular weight is 455 g/mol. The number of anilines is 2. The van der Waals surface area contributed by atoms with Gasteiger partial charge in [0.15, 0.2) is 0 Å². The lowest BCUT2D eigenvalue weighted by molar-refractivity contribution is -0.114. The minimum absolute atomic E-state index is 0.149. The third-order valence-corrected chi connectivity index (χ3v) is 7.38. The third kappa shape index (κ3) is 5.48. The maximum absolute atomic E-state index is 13.5. The predicted molar refractivity (Wildman–Crippen MR) is 128 cm³/mol. The fourth-order valence-corrected chi connectivity index (χ4v) is 5.09. The Labute approximate surface area is 188 Å². The highest BCUT2D eigenvalue weighted by Gasteiger charge is 2.28. The molecule has 0 unspecified atom stereocenters. The van der Waals surface area contributed by atoms with E-state index in [4.69, 9.17) is 0 Å². The fraction of sp³-hybridized carbons (Fsp3) is 0.208. The topological polar surface area (TPSA) is 66.5 Å². The number of sulfonamides is 1. The van der Waals surface area contributed by atoms with Crippen molar-refractivity contribution in [1.82, 2.24) is 0 Å². The molecule has 0 bridgehead atoms. The van der Waals surface area contributed by atoms with E-state index in [1.807, 2.05) is 57.4 Å². The van der Waals surface area contributed by atoms with Gasteiger partial charge in [0.1, 0.15) is 6.54 Å². The van der Waals surface area contributed by atoms with Gasteiger partial charge in [0.05, 0.1) is 10.6 Å². The first-order valence-corrected chi connectivity index (χ1v) is 12.5. The van der Waals surface area contributed by atoms with Crippen LogP contribution in [0.3, 0.4) is 0 Å². The third-order valence-electron chi connectivity index (χ3n) is 4.88. The maximum Gasteiger partial charge on any atom is 0.264 e. The van der Waals surface area contributed by atoms with Crippen molar-refractivity contribution in [2.45, 2.75) is 30.6 Å². The van der Waals surface area contributed by atoms with E-state index in [-0.39, 0.29) is 11.4 Å². The molecule has 0 spiro atoms. The number of thioether (sulfide) groups is 1. The summed E-state index contributed by atoms with van der Waals surface area (Å²) >= 11 is 1.57. The molecule has 0 atom stereocenters. The molecule has 1 N–H and O–H groups in total. The summed E-state index contributed by atoms with van der Waals surface area (Å²) in [5, 5.41) is 2.83. The lowest BCUT2D eigenvalue weighted by Crippen LogP contribution is -2.38. The fourth-order valence-electron chi connectivity index (χ4n) is 3.16. The van der Waals surface area contributed by atoms with Gasteiger partial charge < -0.3 is 5.32 Å². The van der Waals surface area contributed by atoms with Crippen LogP contribution in [0.15, 0.2) is 76.5 Å². The normalized spacial score (nSPS) is 11.2. The van der Waals surface area contributed by atoms with Crippen molar-refractivity contribution < 1.29 is 13.2 Å². The summed E-state index contributed by atoms with van der Waals surface area (Å²) in [6.45, 7) is 5.30. The van der Waals surface area contributed by atoms with Crippen LogP contribution >= 0.6 is 11.8 Å². The second-order valence-electron chi connectivity index (χ2n) is 7.39. The summed E-state index contributed by atoms with van der Waals surface area (Å²) in [6.07, 6.45) is 1.96. The van der Waals surface area contributed by atoms with Gasteiger partial charge in [0, 0.05) is 10.6 Å². The molecule has 7 heteroatoms. The van der Waals surface area contributed by atoms with Crippen LogP contribution in [0.5, 0.6) is 0 Å². The molecular weight excluding hydrogens is 428 g/mol. The molecule has 0 fully saturated rings. The summed E-state index contributed by atoms with van der Waals surface area (Å²) in [5.74, 6) is -0.408. The summed E-state index contributed by atoms with van der Waals surface area (Å²) in [4.78, 5) is 14.1. The molecule has 0 radical (unpaired) electrons. The highest BCUT2D eigenvalue weighted by atomic mass is 32.2. The van der Waals surface area contributed by atoms with E-state index in [9.17, 15) is 13.2 Å². The summed E-state index contributed by atoms with van der Waals surface area (Å²) in [7, 11) is -3.94. The SMILES string of the molecule is CSc1cccc(NC(=O)CN(c2cc(C)ccc2C)S(=O)(=O)c2ccc(C)cc2)c1. The van der Waals surface area contributed by atoms with E-state index < -0.39 is 15.9 Å². The highest BCUT2D eigenvalue weighted by molar-refractivity contribution is 7.98. The molecule has 31 heavy (non-hydrogen) atoms. The number of carbonyl (C=O) groups excluding carboxylic acids is 1. The first kappa shape index (κ1) is 22.9. The zero-order chi connectivity index (χ0) is 22.6. The van der Waals surface area contributed by atoms with E-state index in [0.29, 0.717) is 11.4 Å². The van der Waals surface area contributed by atoms with E-state index in [0.717, 1.165) is 21.6 Å². The number of carbonyl (C=O) groups is 1. The Morgan fingerprint density at radius 2 is 1.61 bits per heavy atom. The van der Waals surface area contributed by atoms with Gasteiger partial charge in [-0.05, 0) is 74.6 Å². The van der Waals surface area contributed by atoms with Crippen molar-refractivity contribution in [3.8, 4) is 0 Å². The molecule has 0 saturated carbocycles. The summed E-state index contributed by atoms with van der Waals surface area (Å²) < 4.78 is 28.3. The Bertz CT molecular complexity index is 1190. The molecule has 0 aliphatic heterocycles. The first-order valence-electron chi connectivity index (χ1n) is 9.81. The quantitative estimate of drug-likeness (QED) is 0.500. The Balaban J connectivity index is 1.98. The second-order valence-corrected chi connectivity index (χ2v) is 10.1. The van der Waals surface area contributed by atoms with Crippen molar-refractivity contribution in [2.24, 2.45) is 0 Å². The molecule has 3 aromatic carbocycles. The Morgan fingerprint density at radius 3 is 2.29 bits per heavy atom. The van der Waals surface area contributed by atoms with Crippen LogP contribution in [0.2, 0.25) is 0 Å². The van der Waals surface area contributed by atoms with E-state index in [1.54, 1.807) is 48.2 Å². The van der Waals surface area contributed by atoms with Crippen LogP contribution in [0.1, 0.15) is 16.7 Å². The minimum atomic E-state index is -3.94. The summed E-state index contributed by atoms with van der Waals surface area (Å²) in [6, 6.07) is 19.7. The van der Waals surface area contributed by atoms with Crippen molar-refractivity contribution in [3.05, 3.63) is 83.4 Å². The molecule has 5 nitrogen and oxygen atoms in total. The van der Waals surface area contributed by atoms with Gasteiger partial charge >= 0.3 is 0 Å². The average Bonchev–Trinajstić information content (AvgIpc) is 2.74. The number of hydrogen-bond donors (Lipinski definition) is 1. The number of aryl methyl sites for hydroxylation is 3. The maximum atomic E-state index is 13.5. The van der Waals surface area contributed by atoms with Gasteiger partial charge in [-0.25, -0.2) is 8.42 Å². The standard InChI is InChI=1S/C24H26N2O3S2/c1-17-9-12-22(13-10-17)31(28,29)26(23-14-18(2)8-11-19(23)3)16-24(27)25-20-6-5-7-21(15-20)30-4/h5-15H,16H2,1-4H3,(H,25,27). The number of nitrogens with one attached hydrogen (secondary N) is 1. The molecule has 1 amide bonds. The van der Waals surface area contributed by atoms with E-state index >= 15 is 0 Å². The molecule has 3 aromatic rings. The molecule has 162 valence electrons. The van der Waals surface area contributed by atoms with Gasteiger partial charge in [-0.3, -0.25) is 9.10 Å². The lowest BCUT2D eigenvalue weighted by Gasteiger charge is -2.26. The van der Waals surface area contributed by atoms with Crippen molar-refractivity contribution in [1.29, 1.82) is 0 Å². The number of rotatable bonds is 7. The number of nitrogens with zero attached hydrogens (tertiary/aromatic N) is 1. The van der Waals surface area contributed by atoms with Gasteiger partial charge in [-0.15, -0.1) is 11.8 Å². The molecule has 0 heterocycles. The Kier molecular flexibility index (Phi) is 7.08. The Morgan fingerprint density at radius 1 is 0.935 bits per heavy atom. The first-order chi connectivity index (χ1) is 14.7. The predicted octanol–water partition coefficient (Wildman–Crippen LogP) is 5.17. The molecular formula is C24H26N2O3S2. The van der Waals surface area contributed by atoms with Crippen molar-refractivity contribution in [2.75, 3.05) is 22.4 Å². The summed E-state index contributed by atoms with van der Waals surface area (Å²) in [5.41, 5.74) is 3.78. The van der Waals surface area contributed by atoms with Crippen LogP contribution < -0.4 is 9.62 Å². The van der Waals surface area contributed by atoms with Crippen LogP contribution in [0.4, 0.5) is 11.4 Å². The molecule has 0 aromatic heterocycles. The highest BCUT2D eigenvalue weighted by Crippen LogP contribution is 2.28. The van der Waals surface area contributed by atoms with E-state index in [2.05, 4.69) is 5.32 Å². The molecule has 0 aliphatic rings. The molecule has 3 rings (SSSR count). The van der Waals surface area contributed by atoms with Crippen LogP contribution in [0.25, 0.3) is 0 Å². The zero-order valence-corrected chi connectivity index (χ0v) is 19.7. The Hall–Kier alpha value is -2.77. The van der Waals surface area contributed by atoms with Crippen LogP contribution in [0, 0.1) is 20.8 Å².